The van der Waals surface area contributed by atoms with Crippen molar-refractivity contribution in [3.05, 3.63) is 57.5 Å². The van der Waals surface area contributed by atoms with Crippen molar-refractivity contribution in [3.63, 3.8) is 0 Å². The Kier molecular flexibility index (Phi) is 6.25. The van der Waals surface area contributed by atoms with Crippen LogP contribution in [0.5, 0.6) is 0 Å². The third kappa shape index (κ3) is 4.56. The van der Waals surface area contributed by atoms with Crippen LogP contribution in [0.4, 0.5) is 5.69 Å². The Morgan fingerprint density at radius 1 is 0.957 bits per heavy atom. The van der Waals surface area contributed by atoms with Crippen LogP contribution in [0.15, 0.2) is 62.4 Å². The normalized spacial score (nSPS) is 11.7. The van der Waals surface area contributed by atoms with E-state index in [2.05, 4.69) is 31.9 Å². The first-order chi connectivity index (χ1) is 10.8. The first-order valence-corrected chi connectivity index (χ1v) is 10.0. The average Bonchev–Trinajstić information content (AvgIpc) is 2.50. The van der Waals surface area contributed by atoms with E-state index in [0.29, 0.717) is 23.2 Å². The maximum atomic E-state index is 13.2. The van der Waals surface area contributed by atoms with E-state index in [9.17, 15) is 8.42 Å². The number of hydrogen-bond acceptors (Lipinski definition) is 3. The first-order valence-electron chi connectivity index (χ1n) is 7.00. The van der Waals surface area contributed by atoms with Gasteiger partial charge in [0, 0.05) is 22.0 Å². The van der Waals surface area contributed by atoms with Crippen LogP contribution in [-0.4, -0.2) is 40.5 Å². The summed E-state index contributed by atoms with van der Waals surface area (Å²) < 4.78 is 29.1. The largest absolute Gasteiger partial charge is 0.308 e. The third-order valence-corrected chi connectivity index (χ3v) is 6.57. The fourth-order valence-corrected chi connectivity index (χ4v) is 4.99. The summed E-state index contributed by atoms with van der Waals surface area (Å²) in [6, 6.07) is 14.3. The SMILES string of the molecule is CN(C)CCN(c1ccccc1)S(=O)(=O)c1cc(Br)ccc1Br. The molecule has 0 N–H and O–H groups in total. The molecule has 23 heavy (non-hydrogen) atoms. The van der Waals surface area contributed by atoms with Crippen LogP contribution in [0.2, 0.25) is 0 Å². The summed E-state index contributed by atoms with van der Waals surface area (Å²) in [5.41, 5.74) is 0.654. The van der Waals surface area contributed by atoms with E-state index in [1.165, 1.54) is 4.31 Å². The van der Waals surface area contributed by atoms with Gasteiger partial charge in [-0.05, 0) is 60.4 Å². The highest BCUT2D eigenvalue weighted by Crippen LogP contribution is 2.30. The number of likely N-dealkylation sites (N-methyl/N-ethyl adjacent to an activating group) is 1. The van der Waals surface area contributed by atoms with E-state index in [-0.39, 0.29) is 4.90 Å². The second-order valence-corrected chi connectivity index (χ2v) is 8.89. The minimum absolute atomic E-state index is 0.245. The zero-order valence-corrected chi connectivity index (χ0v) is 16.9. The Morgan fingerprint density at radius 2 is 1.61 bits per heavy atom. The number of rotatable bonds is 6. The zero-order chi connectivity index (χ0) is 17.0. The maximum absolute atomic E-state index is 13.2. The summed E-state index contributed by atoms with van der Waals surface area (Å²) in [5, 5.41) is 0. The lowest BCUT2D eigenvalue weighted by Crippen LogP contribution is -2.36. The molecule has 2 aromatic rings. The fourth-order valence-electron chi connectivity index (χ4n) is 2.07. The lowest BCUT2D eigenvalue weighted by atomic mass is 10.3. The lowest BCUT2D eigenvalue weighted by Gasteiger charge is -2.26. The van der Waals surface area contributed by atoms with Gasteiger partial charge in [0.05, 0.1) is 5.69 Å². The standard InChI is InChI=1S/C16H18Br2N2O2S/c1-19(2)10-11-20(14-6-4-3-5-7-14)23(21,22)16-12-13(17)8-9-15(16)18/h3-9,12H,10-11H2,1-2H3. The van der Waals surface area contributed by atoms with E-state index < -0.39 is 10.0 Å². The van der Waals surface area contributed by atoms with Gasteiger partial charge in [0.15, 0.2) is 0 Å². The number of benzene rings is 2. The van der Waals surface area contributed by atoms with Crippen molar-refractivity contribution in [1.82, 2.24) is 4.90 Å². The second kappa shape index (κ2) is 7.79. The molecule has 0 bridgehead atoms. The van der Waals surface area contributed by atoms with E-state index in [4.69, 9.17) is 0 Å². The van der Waals surface area contributed by atoms with Crippen LogP contribution in [-0.2, 0) is 10.0 Å². The molecule has 0 aliphatic heterocycles. The molecule has 0 amide bonds. The molecule has 4 nitrogen and oxygen atoms in total. The Labute approximate surface area is 154 Å². The average molecular weight is 462 g/mol. The summed E-state index contributed by atoms with van der Waals surface area (Å²) in [6.07, 6.45) is 0. The van der Waals surface area contributed by atoms with Crippen LogP contribution < -0.4 is 4.31 Å². The Hall–Kier alpha value is -0.890. The van der Waals surface area contributed by atoms with Crippen LogP contribution in [0.25, 0.3) is 0 Å². The molecule has 2 rings (SSSR count). The number of para-hydroxylation sites is 1. The Bertz CT molecular complexity index is 765. The fraction of sp³-hybridized carbons (Fsp3) is 0.250. The van der Waals surface area contributed by atoms with Crippen molar-refractivity contribution in [3.8, 4) is 0 Å². The van der Waals surface area contributed by atoms with Gasteiger partial charge in [0.25, 0.3) is 10.0 Å². The molecule has 0 aliphatic carbocycles. The highest BCUT2D eigenvalue weighted by molar-refractivity contribution is 9.11. The third-order valence-electron chi connectivity index (χ3n) is 3.26. The number of anilines is 1. The van der Waals surface area contributed by atoms with E-state index in [1.807, 2.05) is 37.2 Å². The van der Waals surface area contributed by atoms with Crippen molar-refractivity contribution >= 4 is 47.6 Å². The van der Waals surface area contributed by atoms with E-state index in [1.54, 1.807) is 30.3 Å². The van der Waals surface area contributed by atoms with Crippen LogP contribution in [0, 0.1) is 0 Å². The highest BCUT2D eigenvalue weighted by Gasteiger charge is 2.27. The van der Waals surface area contributed by atoms with Gasteiger partial charge in [-0.3, -0.25) is 4.31 Å². The molecule has 0 unspecified atom stereocenters. The van der Waals surface area contributed by atoms with E-state index in [0.717, 1.165) is 4.47 Å². The van der Waals surface area contributed by atoms with Crippen molar-refractivity contribution in [2.45, 2.75) is 4.90 Å². The number of halogens is 2. The van der Waals surface area contributed by atoms with Crippen LogP contribution in [0.1, 0.15) is 0 Å². The summed E-state index contributed by atoms with van der Waals surface area (Å²) >= 11 is 6.69. The van der Waals surface area contributed by atoms with Gasteiger partial charge < -0.3 is 4.90 Å². The van der Waals surface area contributed by atoms with Gasteiger partial charge in [0.1, 0.15) is 4.90 Å². The minimum atomic E-state index is -3.67. The van der Waals surface area contributed by atoms with Gasteiger partial charge in [-0.25, -0.2) is 8.42 Å². The van der Waals surface area contributed by atoms with Gasteiger partial charge in [-0.15, -0.1) is 0 Å². The quantitative estimate of drug-likeness (QED) is 0.653. The van der Waals surface area contributed by atoms with Crippen molar-refractivity contribution in [1.29, 1.82) is 0 Å². The number of sulfonamides is 1. The molecule has 124 valence electrons. The predicted octanol–water partition coefficient (Wildman–Crippen LogP) is 3.97. The summed E-state index contributed by atoms with van der Waals surface area (Å²) in [7, 11) is 0.170. The summed E-state index contributed by atoms with van der Waals surface area (Å²) in [6.45, 7) is 0.998. The maximum Gasteiger partial charge on any atom is 0.265 e. The minimum Gasteiger partial charge on any atom is -0.308 e. The van der Waals surface area contributed by atoms with Crippen molar-refractivity contribution in [2.24, 2.45) is 0 Å². The zero-order valence-electron chi connectivity index (χ0n) is 12.9. The molecular weight excluding hydrogens is 444 g/mol. The first kappa shape index (κ1) is 18.4. The molecule has 0 heterocycles. The molecule has 7 heteroatoms. The molecule has 0 atom stereocenters. The molecule has 0 spiro atoms. The van der Waals surface area contributed by atoms with Gasteiger partial charge >= 0.3 is 0 Å². The van der Waals surface area contributed by atoms with Crippen molar-refractivity contribution < 1.29 is 8.42 Å². The molecular formula is C16H18Br2N2O2S. The molecule has 2 aromatic carbocycles. The number of hydrogen-bond donors (Lipinski definition) is 0. The Morgan fingerprint density at radius 3 is 2.22 bits per heavy atom. The topological polar surface area (TPSA) is 40.6 Å². The van der Waals surface area contributed by atoms with E-state index >= 15 is 0 Å². The van der Waals surface area contributed by atoms with Crippen LogP contribution >= 0.6 is 31.9 Å². The monoisotopic (exact) mass is 460 g/mol. The van der Waals surface area contributed by atoms with Gasteiger partial charge in [-0.2, -0.15) is 0 Å². The molecule has 0 saturated carbocycles. The van der Waals surface area contributed by atoms with Gasteiger partial charge in [-0.1, -0.05) is 34.1 Å². The van der Waals surface area contributed by atoms with Crippen molar-refractivity contribution in [2.75, 3.05) is 31.5 Å². The molecule has 0 saturated heterocycles. The summed E-state index contributed by atoms with van der Waals surface area (Å²) in [5.74, 6) is 0. The molecule has 0 fully saturated rings. The smallest absolute Gasteiger partial charge is 0.265 e. The Balaban J connectivity index is 2.50. The predicted molar refractivity (Wildman–Crippen MR) is 101 cm³/mol. The second-order valence-electron chi connectivity index (χ2n) is 5.29. The molecule has 0 aliphatic rings. The summed E-state index contributed by atoms with van der Waals surface area (Å²) in [4.78, 5) is 2.20. The lowest BCUT2D eigenvalue weighted by molar-refractivity contribution is 0.419. The number of nitrogens with zero attached hydrogens (tertiary/aromatic N) is 2. The van der Waals surface area contributed by atoms with Gasteiger partial charge in [0.2, 0.25) is 0 Å². The molecule has 0 radical (unpaired) electrons. The van der Waals surface area contributed by atoms with Crippen LogP contribution in [0.3, 0.4) is 0 Å². The highest BCUT2D eigenvalue weighted by atomic mass is 79.9. The molecule has 0 aromatic heterocycles.